The van der Waals surface area contributed by atoms with Gasteiger partial charge in [0.1, 0.15) is 5.82 Å². The highest BCUT2D eigenvalue weighted by atomic mass is 28.3. The van der Waals surface area contributed by atoms with Gasteiger partial charge in [-0.2, -0.15) is 0 Å². The van der Waals surface area contributed by atoms with Crippen molar-refractivity contribution in [2.24, 2.45) is 5.92 Å². The van der Waals surface area contributed by atoms with Crippen LogP contribution in [0.25, 0.3) is 11.3 Å². The number of rotatable bonds is 4. The largest absolute Gasteiger partial charge is 0.256 e. The smallest absolute Gasteiger partial charge is 0.132 e. The maximum absolute atomic E-state index is 14.0. The Morgan fingerprint density at radius 1 is 1.14 bits per heavy atom. The Bertz CT molecular complexity index is 629. The molecule has 1 nitrogen and oxygen atoms in total. The van der Waals surface area contributed by atoms with E-state index in [2.05, 4.69) is 44.5 Å². The number of nitrogens with zero attached hydrogens (tertiary/aromatic N) is 1. The summed E-state index contributed by atoms with van der Waals surface area (Å²) in [5, 5.41) is 1.39. The first-order valence-electron chi connectivity index (χ1n) is 7.53. The molecule has 0 aliphatic rings. The fourth-order valence-electron chi connectivity index (χ4n) is 2.60. The Morgan fingerprint density at radius 3 is 2.38 bits per heavy atom. The van der Waals surface area contributed by atoms with E-state index >= 15 is 0 Å². The van der Waals surface area contributed by atoms with Gasteiger partial charge in [0, 0.05) is 11.8 Å². The van der Waals surface area contributed by atoms with E-state index in [1.54, 1.807) is 12.1 Å². The van der Waals surface area contributed by atoms with Gasteiger partial charge in [-0.05, 0) is 41.3 Å². The summed E-state index contributed by atoms with van der Waals surface area (Å²) in [5.41, 5.74) is 2.66. The van der Waals surface area contributed by atoms with Crippen molar-refractivity contribution in [3.05, 3.63) is 47.9 Å². The highest BCUT2D eigenvalue weighted by Gasteiger charge is 2.22. The molecule has 0 saturated carbocycles. The number of aromatic nitrogens is 1. The van der Waals surface area contributed by atoms with Gasteiger partial charge < -0.3 is 0 Å². The minimum atomic E-state index is -1.44. The fourth-order valence-corrected chi connectivity index (χ4v) is 4.19. The average molecular weight is 301 g/mol. The number of hydrogen-bond acceptors (Lipinski definition) is 1. The topological polar surface area (TPSA) is 12.9 Å². The minimum Gasteiger partial charge on any atom is -0.256 e. The molecule has 3 heteroatoms. The van der Waals surface area contributed by atoms with Crippen molar-refractivity contribution < 1.29 is 4.39 Å². The predicted octanol–water partition coefficient (Wildman–Crippen LogP) is 4.63. The fraction of sp³-hybridized carbons (Fsp3) is 0.389. The van der Waals surface area contributed by atoms with Crippen LogP contribution in [-0.4, -0.2) is 13.1 Å². The molecule has 1 aromatic heterocycles. The molecule has 0 saturated heterocycles. The molecule has 1 aromatic carbocycles. The lowest BCUT2D eigenvalue weighted by Crippen LogP contribution is -2.40. The van der Waals surface area contributed by atoms with Crippen molar-refractivity contribution in [1.82, 2.24) is 4.98 Å². The normalized spacial score (nSPS) is 12.0. The number of benzene rings is 1. The molecule has 0 spiro atoms. The molecule has 0 unspecified atom stereocenters. The first kappa shape index (κ1) is 15.9. The summed E-state index contributed by atoms with van der Waals surface area (Å²) < 4.78 is 14.0. The molecule has 112 valence electrons. The summed E-state index contributed by atoms with van der Waals surface area (Å²) in [4.78, 5) is 4.54. The molecule has 0 atom stereocenters. The maximum atomic E-state index is 14.0. The molecule has 0 aliphatic carbocycles. The van der Waals surface area contributed by atoms with E-state index in [1.807, 2.05) is 12.3 Å². The summed E-state index contributed by atoms with van der Waals surface area (Å²) >= 11 is 0. The van der Waals surface area contributed by atoms with Gasteiger partial charge in [-0.3, -0.25) is 4.98 Å². The van der Waals surface area contributed by atoms with Crippen LogP contribution >= 0.6 is 0 Å². The number of hydrogen-bond donors (Lipinski definition) is 0. The van der Waals surface area contributed by atoms with Crippen molar-refractivity contribution in [3.63, 3.8) is 0 Å². The van der Waals surface area contributed by atoms with Gasteiger partial charge in [0.2, 0.25) is 0 Å². The van der Waals surface area contributed by atoms with Gasteiger partial charge >= 0.3 is 0 Å². The van der Waals surface area contributed by atoms with Crippen LogP contribution in [0.5, 0.6) is 0 Å². The monoisotopic (exact) mass is 301 g/mol. The quantitative estimate of drug-likeness (QED) is 0.750. The van der Waals surface area contributed by atoms with E-state index in [4.69, 9.17) is 0 Å². The summed E-state index contributed by atoms with van der Waals surface area (Å²) in [6, 6.07) is 8.95. The standard InChI is InChI=1S/C18H24FNSi/c1-13(2)10-14-11-17(15-8-6-7-9-16(15)19)20-12-18(14)21(3,4)5/h6-9,11-13H,10H2,1-5H3. The van der Waals surface area contributed by atoms with E-state index in [-0.39, 0.29) is 5.82 Å². The highest BCUT2D eigenvalue weighted by molar-refractivity contribution is 6.89. The van der Waals surface area contributed by atoms with Crippen molar-refractivity contribution >= 4 is 13.3 Å². The zero-order valence-electron chi connectivity index (χ0n) is 13.6. The lowest BCUT2D eigenvalue weighted by atomic mass is 10.0. The molecule has 21 heavy (non-hydrogen) atoms. The second kappa shape index (κ2) is 6.10. The molecule has 0 aliphatic heterocycles. The van der Waals surface area contributed by atoms with Crippen LogP contribution in [0, 0.1) is 11.7 Å². The summed E-state index contributed by atoms with van der Waals surface area (Å²) in [6.07, 6.45) is 3.00. The van der Waals surface area contributed by atoms with Crippen LogP contribution in [0.4, 0.5) is 4.39 Å². The van der Waals surface area contributed by atoms with Crippen LogP contribution in [0.1, 0.15) is 19.4 Å². The van der Waals surface area contributed by atoms with Gasteiger partial charge in [0.15, 0.2) is 0 Å². The third-order valence-corrected chi connectivity index (χ3v) is 5.64. The third kappa shape index (κ3) is 3.79. The zero-order chi connectivity index (χ0) is 15.6. The van der Waals surface area contributed by atoms with Crippen molar-refractivity contribution in [1.29, 1.82) is 0 Å². The maximum Gasteiger partial charge on any atom is 0.132 e. The van der Waals surface area contributed by atoms with Crippen LogP contribution in [0.2, 0.25) is 19.6 Å². The highest BCUT2D eigenvalue weighted by Crippen LogP contribution is 2.22. The Labute approximate surface area is 128 Å². The lowest BCUT2D eigenvalue weighted by molar-refractivity contribution is 0.630. The average Bonchev–Trinajstić information content (AvgIpc) is 2.37. The lowest BCUT2D eigenvalue weighted by Gasteiger charge is -2.22. The Morgan fingerprint density at radius 2 is 1.81 bits per heavy atom. The second-order valence-corrected chi connectivity index (χ2v) is 12.1. The van der Waals surface area contributed by atoms with E-state index in [0.717, 1.165) is 12.1 Å². The molecule has 0 fully saturated rings. The molecule has 0 bridgehead atoms. The molecule has 1 heterocycles. The van der Waals surface area contributed by atoms with Gasteiger partial charge in [-0.25, -0.2) is 4.39 Å². The van der Waals surface area contributed by atoms with Gasteiger partial charge in [0.25, 0.3) is 0 Å². The SMILES string of the molecule is CC(C)Cc1cc(-c2ccccc2F)ncc1[Si](C)(C)C. The van der Waals surface area contributed by atoms with Gasteiger partial charge in [0.05, 0.1) is 13.8 Å². The van der Waals surface area contributed by atoms with E-state index in [1.165, 1.54) is 16.8 Å². The predicted molar refractivity (Wildman–Crippen MR) is 91.2 cm³/mol. The minimum absolute atomic E-state index is 0.207. The molecule has 0 radical (unpaired) electrons. The Kier molecular flexibility index (Phi) is 4.62. The summed E-state index contributed by atoms with van der Waals surface area (Å²) in [7, 11) is -1.44. The molecule has 0 amide bonds. The molecule has 2 rings (SSSR count). The first-order chi connectivity index (χ1) is 9.79. The molecule has 0 N–H and O–H groups in total. The van der Waals surface area contributed by atoms with Gasteiger partial charge in [-0.15, -0.1) is 0 Å². The summed E-state index contributed by atoms with van der Waals surface area (Å²) in [5.74, 6) is 0.372. The Hall–Kier alpha value is -1.48. The molecule has 2 aromatic rings. The molecular weight excluding hydrogens is 277 g/mol. The van der Waals surface area contributed by atoms with Crippen LogP contribution in [-0.2, 0) is 6.42 Å². The number of pyridine rings is 1. The molecular formula is C18H24FNSi. The van der Waals surface area contributed by atoms with Crippen LogP contribution in [0.15, 0.2) is 36.5 Å². The first-order valence-corrected chi connectivity index (χ1v) is 11.0. The van der Waals surface area contributed by atoms with Crippen molar-refractivity contribution in [3.8, 4) is 11.3 Å². The van der Waals surface area contributed by atoms with E-state index in [0.29, 0.717) is 11.5 Å². The third-order valence-electron chi connectivity index (χ3n) is 3.58. The van der Waals surface area contributed by atoms with Gasteiger partial charge in [-0.1, -0.05) is 45.6 Å². The van der Waals surface area contributed by atoms with E-state index < -0.39 is 8.07 Å². The Balaban J connectivity index is 2.54. The number of halogens is 1. The van der Waals surface area contributed by atoms with Crippen LogP contribution < -0.4 is 5.19 Å². The van der Waals surface area contributed by atoms with E-state index in [9.17, 15) is 4.39 Å². The van der Waals surface area contributed by atoms with Crippen molar-refractivity contribution in [2.75, 3.05) is 0 Å². The zero-order valence-corrected chi connectivity index (χ0v) is 14.6. The summed E-state index contributed by atoms with van der Waals surface area (Å²) in [6.45, 7) is 11.4. The van der Waals surface area contributed by atoms with Crippen molar-refractivity contribution in [2.45, 2.75) is 39.9 Å². The second-order valence-electron chi connectivity index (χ2n) is 7.05. The van der Waals surface area contributed by atoms with Crippen LogP contribution in [0.3, 0.4) is 0 Å².